The maximum absolute atomic E-state index is 12.8. The van der Waals surface area contributed by atoms with Crippen LogP contribution in [0.5, 0.6) is 0 Å². The molecule has 1 aromatic heterocycles. The minimum atomic E-state index is -0.128. The second-order valence-electron chi connectivity index (χ2n) is 6.36. The first-order valence-corrected chi connectivity index (χ1v) is 8.60. The highest BCUT2D eigenvalue weighted by Gasteiger charge is 2.28. The van der Waals surface area contributed by atoms with Crippen LogP contribution in [-0.4, -0.2) is 51.2 Å². The van der Waals surface area contributed by atoms with Crippen molar-refractivity contribution in [2.24, 2.45) is 0 Å². The molecule has 1 saturated heterocycles. The lowest BCUT2D eigenvalue weighted by molar-refractivity contribution is 0.0643. The minimum absolute atomic E-state index is 0. The van der Waals surface area contributed by atoms with Crippen molar-refractivity contribution in [3.05, 3.63) is 40.9 Å². The molecule has 3 rings (SSSR count). The Morgan fingerprint density at radius 3 is 2.72 bits per heavy atom. The van der Waals surface area contributed by atoms with Crippen molar-refractivity contribution in [1.82, 2.24) is 25.0 Å². The van der Waals surface area contributed by atoms with Crippen molar-refractivity contribution in [3.63, 3.8) is 0 Å². The number of aromatic nitrogens is 3. The molecule has 1 aromatic carbocycles. The number of hydrogen-bond acceptors (Lipinski definition) is 4. The van der Waals surface area contributed by atoms with Crippen molar-refractivity contribution in [3.8, 4) is 5.69 Å². The number of piperazine rings is 1. The second kappa shape index (κ2) is 8.17. The fourth-order valence-electron chi connectivity index (χ4n) is 2.86. The molecule has 8 heteroatoms. The summed E-state index contributed by atoms with van der Waals surface area (Å²) in [5.41, 5.74) is 0.739. The molecule has 1 atom stereocenters. The first kappa shape index (κ1) is 19.7. The van der Waals surface area contributed by atoms with E-state index in [-0.39, 0.29) is 36.1 Å². The van der Waals surface area contributed by atoms with E-state index in [0.29, 0.717) is 11.6 Å². The van der Waals surface area contributed by atoms with Gasteiger partial charge in [0.15, 0.2) is 0 Å². The predicted octanol–water partition coefficient (Wildman–Crippen LogP) is 2.90. The Labute approximate surface area is 159 Å². The van der Waals surface area contributed by atoms with Gasteiger partial charge >= 0.3 is 0 Å². The molecule has 2 aromatic rings. The minimum Gasteiger partial charge on any atom is -0.331 e. The van der Waals surface area contributed by atoms with Crippen LogP contribution in [0.1, 0.15) is 43.1 Å². The van der Waals surface area contributed by atoms with Gasteiger partial charge < -0.3 is 10.2 Å². The number of halogens is 2. The lowest BCUT2D eigenvalue weighted by Crippen LogP contribution is -2.52. The topological polar surface area (TPSA) is 63.1 Å². The normalized spacial score (nSPS) is 17.5. The Balaban J connectivity index is 0.00000225. The number of amides is 1. The number of nitrogens with zero attached hydrogens (tertiary/aromatic N) is 4. The van der Waals surface area contributed by atoms with Gasteiger partial charge in [-0.15, -0.1) is 17.5 Å². The smallest absolute Gasteiger partial charge is 0.293 e. The molecule has 25 heavy (non-hydrogen) atoms. The molecular weight excluding hydrogens is 361 g/mol. The van der Waals surface area contributed by atoms with Crippen molar-refractivity contribution in [1.29, 1.82) is 0 Å². The predicted molar refractivity (Wildman–Crippen MR) is 101 cm³/mol. The van der Waals surface area contributed by atoms with Crippen LogP contribution in [0.4, 0.5) is 0 Å². The maximum atomic E-state index is 12.8. The summed E-state index contributed by atoms with van der Waals surface area (Å²) in [5, 5.41) is 8.35. The molecular formula is C17H23Cl2N5O. The van der Waals surface area contributed by atoms with E-state index in [9.17, 15) is 4.79 Å². The zero-order valence-electron chi connectivity index (χ0n) is 14.6. The van der Waals surface area contributed by atoms with E-state index in [4.69, 9.17) is 11.6 Å². The largest absolute Gasteiger partial charge is 0.331 e. The summed E-state index contributed by atoms with van der Waals surface area (Å²) in [6.45, 7) is 8.32. The van der Waals surface area contributed by atoms with Crippen LogP contribution in [0.15, 0.2) is 24.3 Å². The van der Waals surface area contributed by atoms with Crippen LogP contribution in [0.3, 0.4) is 0 Å². The highest BCUT2D eigenvalue weighted by Crippen LogP contribution is 2.24. The van der Waals surface area contributed by atoms with Gasteiger partial charge in [0, 0.05) is 31.6 Å². The molecule has 0 bridgehead atoms. The van der Waals surface area contributed by atoms with Crippen LogP contribution < -0.4 is 5.32 Å². The SMILES string of the molecule is CC(C)c1nc(C(=O)N2CCNCC2C)nn1-c1ccccc1Cl.Cl. The number of rotatable bonds is 3. The van der Waals surface area contributed by atoms with Crippen molar-refractivity contribution < 1.29 is 4.79 Å². The van der Waals surface area contributed by atoms with E-state index in [1.165, 1.54) is 0 Å². The quantitative estimate of drug-likeness (QED) is 0.884. The van der Waals surface area contributed by atoms with E-state index in [0.717, 1.165) is 24.6 Å². The van der Waals surface area contributed by atoms with Gasteiger partial charge in [-0.1, -0.05) is 37.6 Å². The third-order valence-corrected chi connectivity index (χ3v) is 4.50. The van der Waals surface area contributed by atoms with Crippen LogP contribution in [0.25, 0.3) is 5.69 Å². The molecule has 0 spiro atoms. The van der Waals surface area contributed by atoms with Gasteiger partial charge in [-0.25, -0.2) is 9.67 Å². The summed E-state index contributed by atoms with van der Waals surface area (Å²) in [5.74, 6) is 0.953. The molecule has 2 heterocycles. The summed E-state index contributed by atoms with van der Waals surface area (Å²) in [7, 11) is 0. The lowest BCUT2D eigenvalue weighted by Gasteiger charge is -2.33. The van der Waals surface area contributed by atoms with Gasteiger partial charge in [0.25, 0.3) is 5.91 Å². The summed E-state index contributed by atoms with van der Waals surface area (Å²) in [6, 6.07) is 7.58. The molecule has 1 amide bonds. The van der Waals surface area contributed by atoms with Gasteiger partial charge in [0.05, 0.1) is 10.7 Å². The second-order valence-corrected chi connectivity index (χ2v) is 6.77. The van der Waals surface area contributed by atoms with Crippen LogP contribution in [-0.2, 0) is 0 Å². The van der Waals surface area contributed by atoms with Gasteiger partial charge in [-0.05, 0) is 19.1 Å². The summed E-state index contributed by atoms with van der Waals surface area (Å²) in [4.78, 5) is 19.2. The Morgan fingerprint density at radius 2 is 2.08 bits per heavy atom. The number of benzene rings is 1. The van der Waals surface area contributed by atoms with Crippen molar-refractivity contribution in [2.75, 3.05) is 19.6 Å². The zero-order valence-corrected chi connectivity index (χ0v) is 16.1. The molecule has 1 fully saturated rings. The van der Waals surface area contributed by atoms with Gasteiger partial charge in [0.2, 0.25) is 5.82 Å². The maximum Gasteiger partial charge on any atom is 0.293 e. The summed E-state index contributed by atoms with van der Waals surface area (Å²) in [6.07, 6.45) is 0. The van der Waals surface area contributed by atoms with Crippen LogP contribution in [0, 0.1) is 0 Å². The van der Waals surface area contributed by atoms with Gasteiger partial charge in [-0.3, -0.25) is 4.79 Å². The fourth-order valence-corrected chi connectivity index (χ4v) is 3.08. The molecule has 1 unspecified atom stereocenters. The molecule has 1 N–H and O–H groups in total. The Bertz CT molecular complexity index is 746. The van der Waals surface area contributed by atoms with E-state index in [1.807, 2.05) is 49.9 Å². The van der Waals surface area contributed by atoms with Crippen LogP contribution in [0.2, 0.25) is 5.02 Å². The number of para-hydroxylation sites is 1. The average Bonchev–Trinajstić information content (AvgIpc) is 3.00. The van der Waals surface area contributed by atoms with E-state index in [2.05, 4.69) is 15.4 Å². The number of hydrogen-bond donors (Lipinski definition) is 1. The van der Waals surface area contributed by atoms with E-state index in [1.54, 1.807) is 4.68 Å². The molecule has 136 valence electrons. The highest BCUT2D eigenvalue weighted by atomic mass is 35.5. The molecule has 0 radical (unpaired) electrons. The third-order valence-electron chi connectivity index (χ3n) is 4.18. The van der Waals surface area contributed by atoms with Crippen molar-refractivity contribution >= 4 is 29.9 Å². The van der Waals surface area contributed by atoms with Crippen molar-refractivity contribution in [2.45, 2.75) is 32.7 Å². The van der Waals surface area contributed by atoms with Gasteiger partial charge in [0.1, 0.15) is 5.82 Å². The monoisotopic (exact) mass is 383 g/mol. The molecule has 0 saturated carbocycles. The molecule has 1 aliphatic heterocycles. The fraction of sp³-hybridized carbons (Fsp3) is 0.471. The summed E-state index contributed by atoms with van der Waals surface area (Å²) < 4.78 is 1.69. The highest BCUT2D eigenvalue weighted by molar-refractivity contribution is 6.32. The first-order valence-electron chi connectivity index (χ1n) is 8.22. The lowest BCUT2D eigenvalue weighted by atomic mass is 10.2. The summed E-state index contributed by atoms with van der Waals surface area (Å²) >= 11 is 6.30. The Kier molecular flexibility index (Phi) is 6.43. The Hall–Kier alpha value is -1.63. The van der Waals surface area contributed by atoms with Gasteiger partial charge in [-0.2, -0.15) is 0 Å². The molecule has 6 nitrogen and oxygen atoms in total. The standard InChI is InChI=1S/C17H22ClN5O.ClH/c1-11(2)16-20-15(17(24)22-9-8-19-10-12(22)3)21-23(16)14-7-5-4-6-13(14)18;/h4-7,11-12,19H,8-10H2,1-3H3;1H. The van der Waals surface area contributed by atoms with E-state index >= 15 is 0 Å². The Morgan fingerprint density at radius 1 is 1.36 bits per heavy atom. The first-order chi connectivity index (χ1) is 11.5. The zero-order chi connectivity index (χ0) is 17.3. The van der Waals surface area contributed by atoms with Crippen LogP contribution >= 0.6 is 24.0 Å². The third kappa shape index (κ3) is 3.97. The molecule has 1 aliphatic rings. The number of carbonyl (C=O) groups is 1. The number of carbonyl (C=O) groups excluding carboxylic acids is 1. The van der Waals surface area contributed by atoms with E-state index < -0.39 is 0 Å². The average molecular weight is 384 g/mol. The number of nitrogens with one attached hydrogen (secondary N) is 1. The molecule has 0 aliphatic carbocycles.